The van der Waals surface area contributed by atoms with Crippen LogP contribution in [0, 0.1) is 11.3 Å². The molecule has 20 heavy (non-hydrogen) atoms. The van der Waals surface area contributed by atoms with Crippen molar-refractivity contribution in [3.63, 3.8) is 0 Å². The largest absolute Gasteiger partial charge is 0.495 e. The number of benzene rings is 1. The van der Waals surface area contributed by atoms with Gasteiger partial charge in [-0.15, -0.1) is 0 Å². The maximum Gasteiger partial charge on any atom is 0.136 e. The summed E-state index contributed by atoms with van der Waals surface area (Å²) in [4.78, 5) is 4.11. The summed E-state index contributed by atoms with van der Waals surface area (Å²) in [5.74, 6) is 0.608. The van der Waals surface area contributed by atoms with Crippen molar-refractivity contribution in [2.75, 3.05) is 7.11 Å². The summed E-state index contributed by atoms with van der Waals surface area (Å²) in [6, 6.07) is 11.9. The molecule has 0 bridgehead atoms. The molecule has 102 valence electrons. The van der Waals surface area contributed by atoms with Crippen molar-refractivity contribution in [1.82, 2.24) is 10.3 Å². The molecular weight excluding hydrogens is 250 g/mol. The molecule has 0 unspecified atom stereocenters. The maximum absolute atomic E-state index is 9.07. The molecule has 0 aliphatic carbocycles. The van der Waals surface area contributed by atoms with Gasteiger partial charge in [-0.1, -0.05) is 12.1 Å². The van der Waals surface area contributed by atoms with Gasteiger partial charge in [-0.25, -0.2) is 0 Å². The number of nitrogens with one attached hydrogen (secondary N) is 1. The number of aromatic nitrogens is 1. The van der Waals surface area contributed by atoms with Crippen LogP contribution in [-0.2, 0) is 6.54 Å². The van der Waals surface area contributed by atoms with E-state index in [1.165, 1.54) is 0 Å². The van der Waals surface area contributed by atoms with Crippen molar-refractivity contribution in [1.29, 1.82) is 5.26 Å². The number of methoxy groups -OCH3 is 1. The smallest absolute Gasteiger partial charge is 0.136 e. The third-order valence-electron chi connectivity index (χ3n) is 3.18. The number of nitriles is 1. The van der Waals surface area contributed by atoms with E-state index in [-0.39, 0.29) is 6.04 Å². The van der Waals surface area contributed by atoms with Crippen LogP contribution in [0.25, 0.3) is 0 Å². The Bertz CT molecular complexity index is 605. The minimum absolute atomic E-state index is 0.205. The highest BCUT2D eigenvalue weighted by molar-refractivity contribution is 5.45. The molecule has 1 aromatic heterocycles. The number of pyridine rings is 1. The van der Waals surface area contributed by atoms with Crippen molar-refractivity contribution >= 4 is 0 Å². The second-order valence-electron chi connectivity index (χ2n) is 4.54. The van der Waals surface area contributed by atoms with Gasteiger partial charge in [-0.3, -0.25) is 4.98 Å². The second-order valence-corrected chi connectivity index (χ2v) is 4.54. The van der Waals surface area contributed by atoms with E-state index in [9.17, 15) is 0 Å². The fourth-order valence-corrected chi connectivity index (χ4v) is 1.97. The zero-order valence-corrected chi connectivity index (χ0v) is 11.6. The van der Waals surface area contributed by atoms with E-state index in [4.69, 9.17) is 10.00 Å². The highest BCUT2D eigenvalue weighted by atomic mass is 16.5. The van der Waals surface area contributed by atoms with Crippen LogP contribution in [0.1, 0.15) is 29.7 Å². The molecule has 0 spiro atoms. The quantitative estimate of drug-likeness (QED) is 0.905. The third kappa shape index (κ3) is 3.34. The average molecular weight is 267 g/mol. The van der Waals surface area contributed by atoms with Gasteiger partial charge in [0, 0.05) is 25.0 Å². The molecule has 0 saturated heterocycles. The van der Waals surface area contributed by atoms with Gasteiger partial charge in [0.2, 0.25) is 0 Å². The van der Waals surface area contributed by atoms with Gasteiger partial charge in [0.25, 0.3) is 0 Å². The molecule has 4 nitrogen and oxygen atoms in total. The van der Waals surface area contributed by atoms with Gasteiger partial charge in [0.15, 0.2) is 0 Å². The van der Waals surface area contributed by atoms with Crippen molar-refractivity contribution in [3.8, 4) is 11.8 Å². The number of hydrogen-bond donors (Lipinski definition) is 1. The lowest BCUT2D eigenvalue weighted by molar-refractivity contribution is 0.413. The van der Waals surface area contributed by atoms with E-state index < -0.39 is 0 Å². The van der Waals surface area contributed by atoms with Crippen molar-refractivity contribution in [2.24, 2.45) is 0 Å². The van der Waals surface area contributed by atoms with Gasteiger partial charge >= 0.3 is 0 Å². The molecule has 0 saturated carbocycles. The van der Waals surface area contributed by atoms with Crippen LogP contribution in [0.3, 0.4) is 0 Å². The van der Waals surface area contributed by atoms with Crippen LogP contribution >= 0.6 is 0 Å². The van der Waals surface area contributed by atoms with E-state index in [0.717, 1.165) is 11.1 Å². The summed E-state index contributed by atoms with van der Waals surface area (Å²) in [5.41, 5.74) is 2.75. The Morgan fingerprint density at radius 2 is 2.25 bits per heavy atom. The van der Waals surface area contributed by atoms with Crippen LogP contribution < -0.4 is 10.1 Å². The van der Waals surface area contributed by atoms with Crippen molar-refractivity contribution in [3.05, 3.63) is 59.4 Å². The summed E-state index contributed by atoms with van der Waals surface area (Å²) in [7, 11) is 1.57. The van der Waals surface area contributed by atoms with Crippen LogP contribution in [0.15, 0.2) is 42.7 Å². The number of hydrogen-bond acceptors (Lipinski definition) is 4. The van der Waals surface area contributed by atoms with E-state index in [0.29, 0.717) is 17.9 Å². The Hall–Kier alpha value is -2.38. The van der Waals surface area contributed by atoms with Crippen molar-refractivity contribution < 1.29 is 4.74 Å². The van der Waals surface area contributed by atoms with Gasteiger partial charge in [0.1, 0.15) is 11.8 Å². The van der Waals surface area contributed by atoms with E-state index in [1.54, 1.807) is 13.3 Å². The van der Waals surface area contributed by atoms with Crippen LogP contribution in [0.2, 0.25) is 0 Å². The van der Waals surface area contributed by atoms with Gasteiger partial charge in [-0.2, -0.15) is 5.26 Å². The van der Waals surface area contributed by atoms with Crippen LogP contribution in [0.4, 0.5) is 0 Å². The van der Waals surface area contributed by atoms with E-state index in [1.807, 2.05) is 36.5 Å². The van der Waals surface area contributed by atoms with Crippen molar-refractivity contribution in [2.45, 2.75) is 19.5 Å². The highest BCUT2D eigenvalue weighted by Crippen LogP contribution is 2.19. The zero-order valence-electron chi connectivity index (χ0n) is 11.6. The topological polar surface area (TPSA) is 57.9 Å². The molecule has 1 N–H and O–H groups in total. The lowest BCUT2D eigenvalue weighted by atomic mass is 10.1. The highest BCUT2D eigenvalue weighted by Gasteiger charge is 2.07. The standard InChI is InChI=1S/C16H17N3O/c1-12(14-4-3-7-18-11-14)19-10-13-5-6-16(20-2)15(8-13)9-17/h3-8,11-12,19H,10H2,1-2H3/t12-/m0/s1. The molecule has 1 atom stereocenters. The number of rotatable bonds is 5. The maximum atomic E-state index is 9.07. The third-order valence-corrected chi connectivity index (χ3v) is 3.18. The molecule has 1 heterocycles. The molecule has 2 aromatic rings. The Morgan fingerprint density at radius 3 is 2.90 bits per heavy atom. The number of nitrogens with zero attached hydrogens (tertiary/aromatic N) is 2. The molecule has 0 aliphatic heterocycles. The molecular formula is C16H17N3O. The Labute approximate surface area is 119 Å². The first kappa shape index (κ1) is 14.0. The lowest BCUT2D eigenvalue weighted by Gasteiger charge is -2.14. The number of ether oxygens (including phenoxy) is 1. The molecule has 0 fully saturated rings. The molecule has 1 aromatic carbocycles. The molecule has 4 heteroatoms. The molecule has 2 rings (SSSR count). The molecule has 0 amide bonds. The Balaban J connectivity index is 2.03. The zero-order chi connectivity index (χ0) is 14.4. The first-order chi connectivity index (χ1) is 9.74. The first-order valence-electron chi connectivity index (χ1n) is 6.45. The minimum Gasteiger partial charge on any atom is -0.495 e. The van der Waals surface area contributed by atoms with Crippen LogP contribution in [0.5, 0.6) is 5.75 Å². The van der Waals surface area contributed by atoms with Gasteiger partial charge < -0.3 is 10.1 Å². The Kier molecular flexibility index (Phi) is 4.70. The van der Waals surface area contributed by atoms with Gasteiger partial charge in [-0.05, 0) is 36.2 Å². The SMILES string of the molecule is COc1ccc(CN[C@@H](C)c2cccnc2)cc1C#N. The fourth-order valence-electron chi connectivity index (χ4n) is 1.97. The second kappa shape index (κ2) is 6.69. The van der Waals surface area contributed by atoms with E-state index in [2.05, 4.69) is 23.3 Å². The normalized spacial score (nSPS) is 11.7. The predicted molar refractivity (Wildman–Crippen MR) is 77.2 cm³/mol. The monoisotopic (exact) mass is 267 g/mol. The van der Waals surface area contributed by atoms with Gasteiger partial charge in [0.05, 0.1) is 12.7 Å². The van der Waals surface area contributed by atoms with Crippen LogP contribution in [-0.4, -0.2) is 12.1 Å². The predicted octanol–water partition coefficient (Wildman–Crippen LogP) is 2.81. The molecule has 0 aliphatic rings. The minimum atomic E-state index is 0.205. The Morgan fingerprint density at radius 1 is 1.40 bits per heavy atom. The molecule has 0 radical (unpaired) electrons. The summed E-state index contributed by atoms with van der Waals surface area (Å²) in [6.07, 6.45) is 3.62. The summed E-state index contributed by atoms with van der Waals surface area (Å²) in [5, 5.41) is 12.5. The summed E-state index contributed by atoms with van der Waals surface area (Å²) < 4.78 is 5.13. The summed E-state index contributed by atoms with van der Waals surface area (Å²) in [6.45, 7) is 2.78. The lowest BCUT2D eigenvalue weighted by Crippen LogP contribution is -2.18. The summed E-state index contributed by atoms with van der Waals surface area (Å²) >= 11 is 0. The van der Waals surface area contributed by atoms with E-state index >= 15 is 0 Å². The fraction of sp³-hybridized carbons (Fsp3) is 0.250. The average Bonchev–Trinajstić information content (AvgIpc) is 2.53. The first-order valence-corrected chi connectivity index (χ1v) is 6.45.